The van der Waals surface area contributed by atoms with Crippen LogP contribution < -0.4 is 4.90 Å². The second-order valence-electron chi connectivity index (χ2n) is 6.02. The highest BCUT2D eigenvalue weighted by Crippen LogP contribution is 2.32. The molecule has 4 rings (SSSR count). The summed E-state index contributed by atoms with van der Waals surface area (Å²) < 4.78 is 3.62. The molecule has 1 N–H and O–H groups in total. The molecule has 7 heteroatoms. The van der Waals surface area contributed by atoms with Crippen LogP contribution in [0.5, 0.6) is 0 Å². The summed E-state index contributed by atoms with van der Waals surface area (Å²) in [6.45, 7) is 1.18. The van der Waals surface area contributed by atoms with Gasteiger partial charge in [0.2, 0.25) is 0 Å². The average molecular weight is 395 g/mol. The molecule has 0 fully saturated rings. The van der Waals surface area contributed by atoms with E-state index in [1.165, 1.54) is 11.3 Å². The van der Waals surface area contributed by atoms with Gasteiger partial charge in [-0.25, -0.2) is 9.97 Å². The number of fused-ring (bicyclic) bond motifs is 1. The van der Waals surface area contributed by atoms with E-state index < -0.39 is 0 Å². The van der Waals surface area contributed by atoms with E-state index in [2.05, 4.69) is 27.0 Å². The molecule has 136 valence electrons. The molecule has 2 aromatic heterocycles. The van der Waals surface area contributed by atoms with Crippen LogP contribution in [0.25, 0.3) is 16.0 Å². The number of nitrogens with zero attached hydrogens (tertiary/aromatic N) is 4. The highest BCUT2D eigenvalue weighted by molar-refractivity contribution is 7.73. The third-order valence-electron chi connectivity index (χ3n) is 4.25. The topological polar surface area (TPSA) is 54.2 Å². The maximum Gasteiger partial charge on any atom is 0.168 e. The summed E-state index contributed by atoms with van der Waals surface area (Å²) in [4.78, 5) is 11.1. The van der Waals surface area contributed by atoms with Crippen molar-refractivity contribution in [2.45, 2.75) is 6.54 Å². The van der Waals surface area contributed by atoms with Crippen molar-refractivity contribution in [2.75, 3.05) is 18.1 Å². The van der Waals surface area contributed by atoms with Crippen molar-refractivity contribution in [3.05, 3.63) is 76.5 Å². The molecular formula is C20H18N4OS2. The van der Waals surface area contributed by atoms with Gasteiger partial charge in [0, 0.05) is 18.8 Å². The zero-order valence-electron chi connectivity index (χ0n) is 14.5. The molecule has 0 aliphatic rings. The zero-order valence-corrected chi connectivity index (χ0v) is 16.2. The first-order valence-electron chi connectivity index (χ1n) is 8.59. The SMILES string of the molecule is OCCN(Cc1ccccc1)c1ncnc2c1sc(=S)n2-c1ccccc1. The lowest BCUT2D eigenvalue weighted by atomic mass is 10.2. The summed E-state index contributed by atoms with van der Waals surface area (Å²) in [5.74, 6) is 0.795. The number of para-hydroxylation sites is 1. The van der Waals surface area contributed by atoms with Gasteiger partial charge < -0.3 is 10.0 Å². The number of hydrogen-bond acceptors (Lipinski definition) is 6. The summed E-state index contributed by atoms with van der Waals surface area (Å²) in [6.07, 6.45) is 1.56. The van der Waals surface area contributed by atoms with Crippen LogP contribution in [-0.4, -0.2) is 32.8 Å². The molecule has 2 aromatic carbocycles. The van der Waals surface area contributed by atoms with Crippen molar-refractivity contribution < 1.29 is 5.11 Å². The van der Waals surface area contributed by atoms with Crippen molar-refractivity contribution in [3.8, 4) is 5.69 Å². The van der Waals surface area contributed by atoms with Crippen molar-refractivity contribution in [3.63, 3.8) is 0 Å². The first-order chi connectivity index (χ1) is 13.3. The van der Waals surface area contributed by atoms with Crippen molar-refractivity contribution >= 4 is 39.7 Å². The smallest absolute Gasteiger partial charge is 0.168 e. The summed E-state index contributed by atoms with van der Waals surface area (Å²) in [5.41, 5.74) is 2.93. The fourth-order valence-corrected chi connectivity index (χ4v) is 4.45. The number of thiazole rings is 1. The third-order valence-corrected chi connectivity index (χ3v) is 5.61. The first kappa shape index (κ1) is 17.8. The van der Waals surface area contributed by atoms with E-state index in [1.54, 1.807) is 6.33 Å². The molecule has 0 unspecified atom stereocenters. The largest absolute Gasteiger partial charge is 0.395 e. The third kappa shape index (κ3) is 3.62. The Morgan fingerprint density at radius 1 is 1.00 bits per heavy atom. The van der Waals surface area contributed by atoms with Gasteiger partial charge in [-0.1, -0.05) is 59.9 Å². The monoisotopic (exact) mass is 394 g/mol. The molecule has 4 aromatic rings. The fourth-order valence-electron chi connectivity index (χ4n) is 3.04. The molecule has 0 atom stereocenters. The van der Waals surface area contributed by atoms with E-state index in [4.69, 9.17) is 12.2 Å². The molecule has 0 amide bonds. The second kappa shape index (κ2) is 7.96. The fraction of sp³-hybridized carbons (Fsp3) is 0.150. The number of benzene rings is 2. The Hall–Kier alpha value is -2.61. The highest BCUT2D eigenvalue weighted by Gasteiger charge is 2.18. The van der Waals surface area contributed by atoms with Gasteiger partial charge in [0.1, 0.15) is 11.0 Å². The van der Waals surface area contributed by atoms with Gasteiger partial charge in [-0.05, 0) is 29.9 Å². The van der Waals surface area contributed by atoms with Crippen LogP contribution in [0.3, 0.4) is 0 Å². The zero-order chi connectivity index (χ0) is 18.6. The molecule has 0 radical (unpaired) electrons. The van der Waals surface area contributed by atoms with Crippen LogP contribution in [0.1, 0.15) is 5.56 Å². The number of rotatable bonds is 6. The van der Waals surface area contributed by atoms with Gasteiger partial charge in [0.25, 0.3) is 0 Å². The van der Waals surface area contributed by atoms with Crippen LogP contribution in [-0.2, 0) is 6.54 Å². The minimum absolute atomic E-state index is 0.0448. The Bertz CT molecular complexity index is 1090. The minimum Gasteiger partial charge on any atom is -0.395 e. The van der Waals surface area contributed by atoms with E-state index in [9.17, 15) is 5.11 Å². The van der Waals surface area contributed by atoms with Crippen LogP contribution in [0.15, 0.2) is 67.0 Å². The lowest BCUT2D eigenvalue weighted by Gasteiger charge is -2.23. The van der Waals surface area contributed by atoms with Crippen LogP contribution in [0.4, 0.5) is 5.82 Å². The summed E-state index contributed by atoms with van der Waals surface area (Å²) in [5, 5.41) is 9.58. The molecule has 0 saturated heterocycles. The van der Waals surface area contributed by atoms with Crippen molar-refractivity contribution in [1.82, 2.24) is 14.5 Å². The maximum absolute atomic E-state index is 9.58. The highest BCUT2D eigenvalue weighted by atomic mass is 32.1. The quantitative estimate of drug-likeness (QED) is 0.497. The molecule has 5 nitrogen and oxygen atoms in total. The number of aromatic nitrogens is 3. The average Bonchev–Trinajstić information content (AvgIpc) is 3.05. The van der Waals surface area contributed by atoms with Crippen LogP contribution >= 0.6 is 23.6 Å². The first-order valence-corrected chi connectivity index (χ1v) is 9.82. The molecule has 0 spiro atoms. The lowest BCUT2D eigenvalue weighted by Crippen LogP contribution is -2.27. The standard InChI is InChI=1S/C20H18N4OS2/c25-12-11-23(13-15-7-3-1-4-8-15)18-17-19(22-14-21-18)24(20(26)27-17)16-9-5-2-6-10-16/h1-10,14,25H,11-13H2. The summed E-state index contributed by atoms with van der Waals surface area (Å²) in [7, 11) is 0. The van der Waals surface area contributed by atoms with E-state index in [1.807, 2.05) is 53.1 Å². The Morgan fingerprint density at radius 3 is 2.41 bits per heavy atom. The van der Waals surface area contributed by atoms with E-state index in [0.717, 1.165) is 31.4 Å². The summed E-state index contributed by atoms with van der Waals surface area (Å²) >= 11 is 7.12. The summed E-state index contributed by atoms with van der Waals surface area (Å²) in [6, 6.07) is 20.1. The number of aliphatic hydroxyl groups is 1. The predicted octanol–water partition coefficient (Wildman–Crippen LogP) is 4.21. The molecule has 27 heavy (non-hydrogen) atoms. The van der Waals surface area contributed by atoms with Crippen molar-refractivity contribution in [2.24, 2.45) is 0 Å². The van der Waals surface area contributed by atoms with Gasteiger partial charge in [-0.15, -0.1) is 0 Å². The predicted molar refractivity (Wildman–Crippen MR) is 112 cm³/mol. The Balaban J connectivity index is 1.82. The molecule has 0 aliphatic heterocycles. The number of hydrogen-bond donors (Lipinski definition) is 1. The van der Waals surface area contributed by atoms with E-state index >= 15 is 0 Å². The normalized spacial score (nSPS) is 11.0. The van der Waals surface area contributed by atoms with E-state index in [0.29, 0.717) is 13.1 Å². The maximum atomic E-state index is 9.58. The lowest BCUT2D eigenvalue weighted by molar-refractivity contribution is 0.301. The number of aliphatic hydroxyl groups excluding tert-OH is 1. The van der Waals surface area contributed by atoms with E-state index in [-0.39, 0.29) is 6.61 Å². The van der Waals surface area contributed by atoms with Crippen LogP contribution in [0, 0.1) is 3.95 Å². The molecule has 0 bridgehead atoms. The Labute approximate surface area is 166 Å². The molecule has 0 saturated carbocycles. The minimum atomic E-state index is 0.0448. The Kier molecular flexibility index (Phi) is 5.24. The Morgan fingerprint density at radius 2 is 1.70 bits per heavy atom. The van der Waals surface area contributed by atoms with Gasteiger partial charge in [-0.3, -0.25) is 4.57 Å². The molecule has 2 heterocycles. The molecular weight excluding hydrogens is 376 g/mol. The van der Waals surface area contributed by atoms with Gasteiger partial charge in [0.05, 0.1) is 6.61 Å². The number of anilines is 1. The van der Waals surface area contributed by atoms with Crippen LogP contribution in [0.2, 0.25) is 0 Å². The van der Waals surface area contributed by atoms with Crippen molar-refractivity contribution in [1.29, 1.82) is 0 Å². The molecule has 0 aliphatic carbocycles. The van der Waals surface area contributed by atoms with Gasteiger partial charge in [-0.2, -0.15) is 0 Å². The second-order valence-corrected chi connectivity index (χ2v) is 7.66. The van der Waals surface area contributed by atoms with Gasteiger partial charge in [0.15, 0.2) is 15.4 Å². The van der Waals surface area contributed by atoms with Gasteiger partial charge >= 0.3 is 0 Å².